The van der Waals surface area contributed by atoms with Crippen LogP contribution < -0.4 is 0 Å². The molecule has 3 N–H and O–H groups in total. The second kappa shape index (κ2) is 9.15. The first-order valence-electron chi connectivity index (χ1n) is 5.20. The van der Waals surface area contributed by atoms with E-state index in [9.17, 15) is 4.79 Å². The van der Waals surface area contributed by atoms with Crippen molar-refractivity contribution >= 4 is 29.0 Å². The van der Waals surface area contributed by atoms with Gasteiger partial charge in [-0.25, -0.2) is 4.79 Å². The lowest BCUT2D eigenvalue weighted by Crippen LogP contribution is -2.36. The molecule has 100 valence electrons. The molecular formula is C12H22MgNO4+. The van der Waals surface area contributed by atoms with Gasteiger partial charge in [0.2, 0.25) is 0 Å². The minimum atomic E-state index is -1.11. The van der Waals surface area contributed by atoms with Crippen LogP contribution in [0.4, 0.5) is 0 Å². The number of hydrogen-bond donors (Lipinski definition) is 3. The number of rotatable bonds is 3. The van der Waals surface area contributed by atoms with E-state index in [1.165, 1.54) is 12.1 Å². The molecule has 0 aromatic heterocycles. The van der Waals surface area contributed by atoms with Gasteiger partial charge < -0.3 is 19.8 Å². The monoisotopic (exact) mass is 268 g/mol. The van der Waals surface area contributed by atoms with Gasteiger partial charge in [-0.2, -0.15) is 0 Å². The van der Waals surface area contributed by atoms with E-state index in [2.05, 4.69) is 21.1 Å². The summed E-state index contributed by atoms with van der Waals surface area (Å²) in [6, 6.07) is 5.81. The number of benzene rings is 1. The number of carboxylic acids is 1. The van der Waals surface area contributed by atoms with Gasteiger partial charge in [-0.15, -0.1) is 0 Å². The van der Waals surface area contributed by atoms with Crippen LogP contribution in [0, 0.1) is 0 Å². The molecule has 0 radical (unpaired) electrons. The lowest BCUT2D eigenvalue weighted by atomic mass is 10.2. The Bertz CT molecular complexity index is 363. The van der Waals surface area contributed by atoms with Crippen molar-refractivity contribution < 1.29 is 24.6 Å². The molecule has 0 aliphatic heterocycles. The molecule has 1 rings (SSSR count). The maximum absolute atomic E-state index is 10.3. The lowest BCUT2D eigenvalue weighted by molar-refractivity contribution is -0.870. The minimum Gasteiger partial charge on any atom is -0.507 e. The smallest absolute Gasteiger partial charge is 0.339 e. The van der Waals surface area contributed by atoms with Crippen LogP contribution >= 0.6 is 0 Å². The van der Waals surface area contributed by atoms with Crippen molar-refractivity contribution in [2.45, 2.75) is 0 Å². The average molecular weight is 269 g/mol. The average Bonchev–Trinajstić information content (AvgIpc) is 2.16. The van der Waals surface area contributed by atoms with Crippen LogP contribution in [0.2, 0.25) is 0 Å². The highest BCUT2D eigenvalue weighted by atomic mass is 24.3. The van der Waals surface area contributed by atoms with Gasteiger partial charge in [0.1, 0.15) is 17.9 Å². The standard InChI is InChI=1S/C7H6O3.C5H14NO.Mg.2H/c8-6-4-2-1-3-5(6)7(9)10;1-6(2,3)4-5-7;;;/h1-4,8H,(H,9,10);7H,4-5H2,1-3H3;;;/q;+1;;;. The second-order valence-electron chi connectivity index (χ2n) is 4.56. The molecule has 0 atom stereocenters. The highest BCUT2D eigenvalue weighted by molar-refractivity contribution is 5.90. The molecule has 5 nitrogen and oxygen atoms in total. The summed E-state index contributed by atoms with van der Waals surface area (Å²) in [6.45, 7) is 1.11. The molecule has 18 heavy (non-hydrogen) atoms. The quantitative estimate of drug-likeness (QED) is 0.527. The summed E-state index contributed by atoms with van der Waals surface area (Å²) >= 11 is 0. The summed E-state index contributed by atoms with van der Waals surface area (Å²) in [7, 11) is 6.16. The number of phenols is 1. The Labute approximate surface area is 123 Å². The van der Waals surface area contributed by atoms with E-state index in [0.29, 0.717) is 0 Å². The first-order valence-corrected chi connectivity index (χ1v) is 5.20. The van der Waals surface area contributed by atoms with Crippen LogP contribution in [0.5, 0.6) is 5.75 Å². The molecule has 0 saturated heterocycles. The summed E-state index contributed by atoms with van der Waals surface area (Å²) in [6.07, 6.45) is 0. The van der Waals surface area contributed by atoms with E-state index >= 15 is 0 Å². The number of para-hydroxylation sites is 1. The minimum absolute atomic E-state index is 0. The maximum Gasteiger partial charge on any atom is 0.339 e. The van der Waals surface area contributed by atoms with Crippen molar-refractivity contribution in [3.63, 3.8) is 0 Å². The van der Waals surface area contributed by atoms with E-state index in [-0.39, 0.29) is 41.0 Å². The number of aromatic hydroxyl groups is 1. The molecule has 1 aromatic rings. The zero-order valence-corrected chi connectivity index (χ0v) is 10.4. The van der Waals surface area contributed by atoms with E-state index in [1.807, 2.05) is 0 Å². The predicted octanol–water partition coefficient (Wildman–Crippen LogP) is -0.141. The molecule has 0 fully saturated rings. The first kappa shape index (κ1) is 19.5. The molecule has 0 saturated carbocycles. The molecule has 1 aromatic carbocycles. The van der Waals surface area contributed by atoms with Gasteiger partial charge in [-0.1, -0.05) is 12.1 Å². The number of hydrogen-bond acceptors (Lipinski definition) is 3. The van der Waals surface area contributed by atoms with Crippen LogP contribution in [0.15, 0.2) is 24.3 Å². The second-order valence-corrected chi connectivity index (χ2v) is 4.56. The number of aliphatic hydroxyl groups is 1. The number of aromatic carboxylic acids is 1. The summed E-state index contributed by atoms with van der Waals surface area (Å²) in [5.41, 5.74) is -0.0671. The number of nitrogens with zero attached hydrogens (tertiary/aromatic N) is 1. The fraction of sp³-hybridized carbons (Fsp3) is 0.417. The van der Waals surface area contributed by atoms with Gasteiger partial charge in [0, 0.05) is 0 Å². The van der Waals surface area contributed by atoms with E-state index < -0.39 is 5.97 Å². The first-order chi connectivity index (χ1) is 7.78. The Morgan fingerprint density at radius 2 is 1.72 bits per heavy atom. The SMILES string of the molecule is C[N+](C)(C)CCO.O=C(O)c1ccccc1O.[MgH2]. The van der Waals surface area contributed by atoms with Crippen molar-refractivity contribution in [3.05, 3.63) is 29.8 Å². The Hall–Kier alpha value is -0.824. The number of likely N-dealkylation sites (N-methyl/N-ethyl adjacent to an activating group) is 1. The van der Waals surface area contributed by atoms with Crippen LogP contribution in [0.1, 0.15) is 10.4 Å². The topological polar surface area (TPSA) is 77.8 Å². The van der Waals surface area contributed by atoms with E-state index in [4.69, 9.17) is 15.3 Å². The van der Waals surface area contributed by atoms with Crippen LogP contribution in [0.3, 0.4) is 0 Å². The summed E-state index contributed by atoms with van der Waals surface area (Å²) in [5.74, 6) is -1.31. The van der Waals surface area contributed by atoms with Crippen molar-refractivity contribution in [1.82, 2.24) is 0 Å². The molecule has 0 heterocycles. The predicted molar refractivity (Wildman–Crippen MR) is 73.6 cm³/mol. The number of carboxylic acid groups (broad SMARTS) is 1. The molecule has 0 unspecified atom stereocenters. The number of quaternary nitrogens is 1. The fourth-order valence-corrected chi connectivity index (χ4v) is 0.954. The van der Waals surface area contributed by atoms with Crippen LogP contribution in [-0.2, 0) is 0 Å². The Morgan fingerprint density at radius 3 is 1.94 bits per heavy atom. The molecule has 0 spiro atoms. The Kier molecular flexibility index (Phi) is 9.92. The van der Waals surface area contributed by atoms with Crippen LogP contribution in [0.25, 0.3) is 0 Å². The fourth-order valence-electron chi connectivity index (χ4n) is 0.954. The van der Waals surface area contributed by atoms with Gasteiger partial charge in [-0.05, 0) is 12.1 Å². The molecular weight excluding hydrogens is 246 g/mol. The molecule has 0 aliphatic carbocycles. The van der Waals surface area contributed by atoms with Gasteiger partial charge >= 0.3 is 29.0 Å². The Morgan fingerprint density at radius 1 is 1.22 bits per heavy atom. The lowest BCUT2D eigenvalue weighted by Gasteiger charge is -2.21. The van der Waals surface area contributed by atoms with Crippen molar-refractivity contribution in [3.8, 4) is 5.75 Å². The largest absolute Gasteiger partial charge is 0.507 e. The summed E-state index contributed by atoms with van der Waals surface area (Å²) < 4.78 is 0.844. The third-order valence-electron chi connectivity index (χ3n) is 1.91. The summed E-state index contributed by atoms with van der Waals surface area (Å²) in [5, 5.41) is 25.7. The number of aliphatic hydroxyl groups excluding tert-OH is 1. The van der Waals surface area contributed by atoms with E-state index in [0.717, 1.165) is 11.0 Å². The van der Waals surface area contributed by atoms with Gasteiger partial charge in [0.25, 0.3) is 0 Å². The zero-order valence-electron chi connectivity index (χ0n) is 10.4. The molecule has 0 bridgehead atoms. The van der Waals surface area contributed by atoms with Gasteiger partial charge in [0.15, 0.2) is 0 Å². The third-order valence-corrected chi connectivity index (χ3v) is 1.91. The van der Waals surface area contributed by atoms with Gasteiger partial charge in [-0.3, -0.25) is 0 Å². The van der Waals surface area contributed by atoms with E-state index in [1.54, 1.807) is 12.1 Å². The maximum atomic E-state index is 10.3. The normalized spacial score (nSPS) is 9.78. The van der Waals surface area contributed by atoms with Crippen molar-refractivity contribution in [2.24, 2.45) is 0 Å². The highest BCUT2D eigenvalue weighted by Gasteiger charge is 2.05. The van der Waals surface area contributed by atoms with Gasteiger partial charge in [0.05, 0.1) is 27.7 Å². The zero-order chi connectivity index (χ0) is 13.5. The van der Waals surface area contributed by atoms with Crippen molar-refractivity contribution in [1.29, 1.82) is 0 Å². The molecule has 6 heteroatoms. The molecule has 0 aliphatic rings. The summed E-state index contributed by atoms with van der Waals surface area (Å²) in [4.78, 5) is 10.3. The molecule has 0 amide bonds. The third kappa shape index (κ3) is 9.23. The number of carbonyl (C=O) groups is 1. The highest BCUT2D eigenvalue weighted by Crippen LogP contribution is 2.14. The van der Waals surface area contributed by atoms with Crippen LogP contribution in [-0.4, -0.2) is 83.1 Å². The Balaban J connectivity index is 0. The van der Waals surface area contributed by atoms with Crippen molar-refractivity contribution in [2.75, 3.05) is 34.3 Å².